The van der Waals surface area contributed by atoms with E-state index in [2.05, 4.69) is 30.3 Å². The number of amides is 1. The Morgan fingerprint density at radius 3 is 2.72 bits per heavy atom. The number of nitrogens with two attached hydrogens (primary N) is 1. The zero-order chi connectivity index (χ0) is 12.6. The van der Waals surface area contributed by atoms with Crippen molar-refractivity contribution in [3.63, 3.8) is 0 Å². The third-order valence-electron chi connectivity index (χ3n) is 4.83. The second-order valence-corrected chi connectivity index (χ2v) is 5.95. The maximum Gasteiger partial charge on any atom is 0.226 e. The molecule has 2 N–H and O–H groups in total. The van der Waals surface area contributed by atoms with Crippen LogP contribution in [0.3, 0.4) is 0 Å². The molecule has 2 saturated heterocycles. The van der Waals surface area contributed by atoms with Gasteiger partial charge in [-0.2, -0.15) is 0 Å². The molecule has 96 valence electrons. The number of carbonyl (C=O) groups excluding carboxylic acids is 1. The fourth-order valence-electron chi connectivity index (χ4n) is 3.81. The molecule has 0 spiro atoms. The Morgan fingerprint density at radius 2 is 2.06 bits per heavy atom. The number of primary amides is 1. The van der Waals surface area contributed by atoms with E-state index in [1.54, 1.807) is 0 Å². The topological polar surface area (TPSA) is 43.1 Å². The summed E-state index contributed by atoms with van der Waals surface area (Å²) in [6.45, 7) is 4.54. The molecule has 0 radical (unpaired) electrons. The van der Waals surface area contributed by atoms with Crippen molar-refractivity contribution in [2.45, 2.75) is 12.8 Å². The molecule has 3 atom stereocenters. The van der Waals surface area contributed by atoms with Gasteiger partial charge >= 0.3 is 0 Å². The van der Waals surface area contributed by atoms with Crippen LogP contribution in [0, 0.1) is 11.8 Å². The quantitative estimate of drug-likeness (QED) is 0.795. The first-order valence-electron chi connectivity index (χ1n) is 6.87. The fraction of sp³-hybridized carbons (Fsp3) is 0.533. The number of piperidine rings is 1. The molecule has 2 heterocycles. The number of fused-ring (bicyclic) bond motifs is 2. The third kappa shape index (κ3) is 2.03. The van der Waals surface area contributed by atoms with Crippen molar-refractivity contribution in [3.05, 3.63) is 35.9 Å². The van der Waals surface area contributed by atoms with Gasteiger partial charge in [-0.05, 0) is 5.56 Å². The summed E-state index contributed by atoms with van der Waals surface area (Å²) in [4.78, 5) is 11.4. The molecule has 1 aromatic carbocycles. The van der Waals surface area contributed by atoms with Crippen LogP contribution in [0.2, 0.25) is 0 Å². The minimum absolute atomic E-state index is 0.0839. The van der Waals surface area contributed by atoms with Gasteiger partial charge in [-0.25, -0.2) is 0 Å². The second kappa shape index (κ2) is 4.39. The van der Waals surface area contributed by atoms with Crippen LogP contribution in [0.25, 0.3) is 0 Å². The number of rotatable bonds is 4. The first kappa shape index (κ1) is 11.7. The van der Waals surface area contributed by atoms with Crippen molar-refractivity contribution in [1.82, 2.24) is 0 Å². The highest BCUT2D eigenvalue weighted by molar-refractivity contribution is 5.77. The van der Waals surface area contributed by atoms with E-state index in [4.69, 9.17) is 5.73 Å². The summed E-state index contributed by atoms with van der Waals surface area (Å²) in [6, 6.07) is 10.6. The number of nitrogens with zero attached hydrogens (tertiary/aromatic N) is 1. The van der Waals surface area contributed by atoms with E-state index < -0.39 is 0 Å². The van der Waals surface area contributed by atoms with Crippen LogP contribution in [0.15, 0.2) is 30.3 Å². The Balaban J connectivity index is 1.65. The minimum Gasteiger partial charge on any atom is -0.369 e. The van der Waals surface area contributed by atoms with E-state index >= 15 is 0 Å². The molecule has 3 rings (SSSR count). The fourth-order valence-corrected chi connectivity index (χ4v) is 3.81. The maximum absolute atomic E-state index is 11.4. The lowest BCUT2D eigenvalue weighted by Gasteiger charge is -2.33. The Hall–Kier alpha value is -1.35. The van der Waals surface area contributed by atoms with Gasteiger partial charge in [0.25, 0.3) is 0 Å². The van der Waals surface area contributed by atoms with Crippen molar-refractivity contribution in [3.8, 4) is 0 Å². The number of hydrogen-bond acceptors (Lipinski definition) is 1. The standard InChI is InChI=1S/C15H20N2O/c16-15(18)14-11-17(9-7-13(14)10-17)8-6-12-4-2-1-3-5-12/h1-5,13-14H,6-11H2,(H-,16,18)/p+1/t13?,14?,17-/m0/s1. The molecule has 2 fully saturated rings. The summed E-state index contributed by atoms with van der Waals surface area (Å²) in [7, 11) is 0. The molecule has 3 nitrogen and oxygen atoms in total. The van der Waals surface area contributed by atoms with E-state index in [9.17, 15) is 4.79 Å². The van der Waals surface area contributed by atoms with Gasteiger partial charge in [-0.15, -0.1) is 0 Å². The molecule has 1 amide bonds. The predicted octanol–water partition coefficient (Wildman–Crippen LogP) is 1.18. The molecule has 2 aliphatic rings. The molecule has 2 bridgehead atoms. The number of quaternary nitrogens is 1. The zero-order valence-electron chi connectivity index (χ0n) is 10.7. The maximum atomic E-state index is 11.4. The number of hydrogen-bond donors (Lipinski definition) is 1. The van der Waals surface area contributed by atoms with E-state index in [1.165, 1.54) is 25.1 Å². The molecule has 1 aromatic rings. The average Bonchev–Trinajstić information content (AvgIpc) is 2.96. The second-order valence-electron chi connectivity index (χ2n) is 5.95. The summed E-state index contributed by atoms with van der Waals surface area (Å²) in [6.07, 6.45) is 2.29. The van der Waals surface area contributed by atoms with Gasteiger partial charge in [0.1, 0.15) is 0 Å². The van der Waals surface area contributed by atoms with Crippen molar-refractivity contribution >= 4 is 5.91 Å². The minimum atomic E-state index is -0.0839. The summed E-state index contributed by atoms with van der Waals surface area (Å²) in [5.41, 5.74) is 6.90. The summed E-state index contributed by atoms with van der Waals surface area (Å²) >= 11 is 0. The van der Waals surface area contributed by atoms with Crippen LogP contribution in [-0.4, -0.2) is 36.6 Å². The highest BCUT2D eigenvalue weighted by Gasteiger charge is 2.52. The van der Waals surface area contributed by atoms with Crippen LogP contribution in [0.1, 0.15) is 12.0 Å². The normalized spacial score (nSPS) is 33.8. The summed E-state index contributed by atoms with van der Waals surface area (Å²) < 4.78 is 1.12. The SMILES string of the molecule is NC(=O)C1C[N@@+]2(CCc3ccccc3)CCC1C2. The van der Waals surface area contributed by atoms with Gasteiger partial charge < -0.3 is 10.2 Å². The molecule has 18 heavy (non-hydrogen) atoms. The van der Waals surface area contributed by atoms with Gasteiger partial charge in [-0.1, -0.05) is 30.3 Å². The Morgan fingerprint density at radius 1 is 1.28 bits per heavy atom. The van der Waals surface area contributed by atoms with Gasteiger partial charge in [-0.3, -0.25) is 4.79 Å². The largest absolute Gasteiger partial charge is 0.369 e. The van der Waals surface area contributed by atoms with Crippen LogP contribution in [0.5, 0.6) is 0 Å². The Bertz CT molecular complexity index is 445. The highest BCUT2D eigenvalue weighted by atomic mass is 16.1. The van der Waals surface area contributed by atoms with Gasteiger partial charge in [0, 0.05) is 18.8 Å². The lowest BCUT2D eigenvalue weighted by atomic mass is 9.92. The van der Waals surface area contributed by atoms with Crippen LogP contribution < -0.4 is 5.73 Å². The van der Waals surface area contributed by atoms with Crippen LogP contribution in [0.4, 0.5) is 0 Å². The zero-order valence-corrected chi connectivity index (χ0v) is 10.7. The molecule has 0 aromatic heterocycles. The summed E-state index contributed by atoms with van der Waals surface area (Å²) in [5.74, 6) is 0.604. The van der Waals surface area contributed by atoms with Crippen molar-refractivity contribution in [1.29, 1.82) is 0 Å². The number of carbonyl (C=O) groups is 1. The van der Waals surface area contributed by atoms with Crippen molar-refractivity contribution < 1.29 is 9.28 Å². The molecule has 0 saturated carbocycles. The van der Waals surface area contributed by atoms with Crippen molar-refractivity contribution in [2.24, 2.45) is 17.6 Å². The monoisotopic (exact) mass is 245 g/mol. The molecular weight excluding hydrogens is 224 g/mol. The molecule has 0 aliphatic carbocycles. The number of benzene rings is 1. The lowest BCUT2D eigenvalue weighted by molar-refractivity contribution is -0.910. The summed E-state index contributed by atoms with van der Waals surface area (Å²) in [5, 5.41) is 0. The third-order valence-corrected chi connectivity index (χ3v) is 4.83. The first-order chi connectivity index (χ1) is 8.69. The van der Waals surface area contributed by atoms with E-state index in [-0.39, 0.29) is 11.8 Å². The van der Waals surface area contributed by atoms with Crippen molar-refractivity contribution in [2.75, 3.05) is 26.2 Å². The van der Waals surface area contributed by atoms with Crippen LogP contribution >= 0.6 is 0 Å². The predicted molar refractivity (Wildman–Crippen MR) is 70.7 cm³/mol. The van der Waals surface area contributed by atoms with E-state index in [1.807, 2.05) is 0 Å². The molecule has 2 aliphatic heterocycles. The Kier molecular flexibility index (Phi) is 2.86. The average molecular weight is 245 g/mol. The van der Waals surface area contributed by atoms with E-state index in [0.29, 0.717) is 5.92 Å². The van der Waals surface area contributed by atoms with Gasteiger partial charge in [0.15, 0.2) is 0 Å². The smallest absolute Gasteiger partial charge is 0.226 e. The Labute approximate surface area is 108 Å². The molecule has 3 heteroatoms. The molecule has 2 unspecified atom stereocenters. The van der Waals surface area contributed by atoms with Gasteiger partial charge in [0.2, 0.25) is 5.91 Å². The highest BCUT2D eigenvalue weighted by Crippen LogP contribution is 2.39. The molecular formula is C15H21N2O+. The first-order valence-corrected chi connectivity index (χ1v) is 6.87. The van der Waals surface area contributed by atoms with Gasteiger partial charge in [0.05, 0.1) is 32.1 Å². The lowest BCUT2D eigenvalue weighted by Crippen LogP contribution is -2.48. The van der Waals surface area contributed by atoms with Crippen LogP contribution in [-0.2, 0) is 11.2 Å². The van der Waals surface area contributed by atoms with E-state index in [0.717, 1.165) is 24.0 Å².